The summed E-state index contributed by atoms with van der Waals surface area (Å²) in [7, 11) is 1.84. The summed E-state index contributed by atoms with van der Waals surface area (Å²) in [4.78, 5) is 15.4. The van der Waals surface area contributed by atoms with Gasteiger partial charge >= 0.3 is 0 Å². The lowest BCUT2D eigenvalue weighted by Gasteiger charge is -2.05. The largest absolute Gasteiger partial charge is 0.387 e. The first kappa shape index (κ1) is 9.71. The molecule has 0 unspecified atom stereocenters. The summed E-state index contributed by atoms with van der Waals surface area (Å²) in [6.45, 7) is 3.80. The predicted molar refractivity (Wildman–Crippen MR) is 53.1 cm³/mol. The fourth-order valence-corrected chi connectivity index (χ4v) is 1.15. The van der Waals surface area contributed by atoms with Crippen LogP contribution in [0.3, 0.4) is 0 Å². The maximum atomic E-state index is 11.3. The Labute approximate surface area is 78.2 Å². The zero-order valence-electron chi connectivity index (χ0n) is 8.22. The average molecular weight is 178 g/mol. The Morgan fingerprint density at radius 3 is 2.77 bits per heavy atom. The summed E-state index contributed by atoms with van der Waals surface area (Å²) >= 11 is 0. The van der Waals surface area contributed by atoms with E-state index < -0.39 is 0 Å². The number of Topliss-reactive ketones (excluding diaryl/α,β-unsaturated/α-hetero) is 1. The van der Waals surface area contributed by atoms with E-state index in [1.54, 1.807) is 6.20 Å². The normalized spacial score (nSPS) is 9.77. The van der Waals surface area contributed by atoms with E-state index in [-0.39, 0.29) is 5.78 Å². The Morgan fingerprint density at radius 2 is 2.31 bits per heavy atom. The smallest absolute Gasteiger partial charge is 0.180 e. The summed E-state index contributed by atoms with van der Waals surface area (Å²) in [5, 5.41) is 3.01. The van der Waals surface area contributed by atoms with E-state index in [9.17, 15) is 4.79 Å². The summed E-state index contributed by atoms with van der Waals surface area (Å²) in [5.41, 5.74) is 2.57. The maximum Gasteiger partial charge on any atom is 0.180 e. The lowest BCUT2D eigenvalue weighted by atomic mass is 10.1. The molecule has 1 aromatic heterocycles. The fourth-order valence-electron chi connectivity index (χ4n) is 1.15. The van der Waals surface area contributed by atoms with E-state index in [1.165, 1.54) is 0 Å². The monoisotopic (exact) mass is 178 g/mol. The van der Waals surface area contributed by atoms with Crippen LogP contribution in [0.1, 0.15) is 29.4 Å². The summed E-state index contributed by atoms with van der Waals surface area (Å²) < 4.78 is 0. The number of carbonyl (C=O) groups is 1. The van der Waals surface area contributed by atoms with Crippen molar-refractivity contribution in [1.29, 1.82) is 0 Å². The molecule has 1 N–H and O–H groups in total. The number of nitrogens with zero attached hydrogens (tertiary/aromatic N) is 1. The predicted octanol–water partition coefficient (Wildman–Crippen LogP) is 2.02. The highest BCUT2D eigenvalue weighted by molar-refractivity contribution is 5.94. The first-order valence-corrected chi connectivity index (χ1v) is 4.36. The number of aromatic nitrogens is 1. The molecule has 3 heteroatoms. The van der Waals surface area contributed by atoms with Gasteiger partial charge in [-0.3, -0.25) is 9.78 Å². The van der Waals surface area contributed by atoms with Crippen LogP contribution in [0.5, 0.6) is 0 Å². The molecule has 1 heterocycles. The van der Waals surface area contributed by atoms with Crippen LogP contribution in [0.15, 0.2) is 12.3 Å². The zero-order valence-corrected chi connectivity index (χ0v) is 8.22. The topological polar surface area (TPSA) is 42.0 Å². The number of anilines is 1. The number of nitrogens with one attached hydrogen (secondary N) is 1. The number of aryl methyl sites for hydroxylation is 1. The SMILES string of the molecule is CCC(=O)c1cc(C)c(NC)cn1. The zero-order chi connectivity index (χ0) is 9.84. The van der Waals surface area contributed by atoms with Crippen LogP contribution in [0, 0.1) is 6.92 Å². The van der Waals surface area contributed by atoms with Gasteiger partial charge in [-0.05, 0) is 18.6 Å². The number of hydrogen-bond acceptors (Lipinski definition) is 3. The molecule has 1 rings (SSSR count). The van der Waals surface area contributed by atoms with E-state index >= 15 is 0 Å². The third-order valence-corrected chi connectivity index (χ3v) is 1.99. The molecule has 0 aliphatic carbocycles. The molecule has 70 valence electrons. The Morgan fingerprint density at radius 1 is 1.62 bits per heavy atom. The third-order valence-electron chi connectivity index (χ3n) is 1.99. The van der Waals surface area contributed by atoms with E-state index in [4.69, 9.17) is 0 Å². The standard InChI is InChI=1S/C10H14N2O/c1-4-10(13)8-5-7(2)9(11-3)6-12-8/h5-6,11H,4H2,1-3H3. The van der Waals surface area contributed by atoms with Gasteiger partial charge in [-0.15, -0.1) is 0 Å². The van der Waals surface area contributed by atoms with Crippen LogP contribution in [0.2, 0.25) is 0 Å². The van der Waals surface area contributed by atoms with E-state index in [2.05, 4.69) is 10.3 Å². The molecule has 0 bridgehead atoms. The van der Waals surface area contributed by atoms with Crippen LogP contribution in [0.4, 0.5) is 5.69 Å². The van der Waals surface area contributed by atoms with Crippen molar-refractivity contribution in [2.24, 2.45) is 0 Å². The van der Waals surface area contributed by atoms with Crippen molar-refractivity contribution in [3.63, 3.8) is 0 Å². The highest BCUT2D eigenvalue weighted by Crippen LogP contribution is 2.13. The van der Waals surface area contributed by atoms with Crippen molar-refractivity contribution in [2.75, 3.05) is 12.4 Å². The van der Waals surface area contributed by atoms with Crippen LogP contribution >= 0.6 is 0 Å². The molecule has 0 aromatic carbocycles. The molecule has 0 fully saturated rings. The quantitative estimate of drug-likeness (QED) is 0.720. The van der Waals surface area contributed by atoms with Crippen molar-refractivity contribution in [3.8, 4) is 0 Å². The summed E-state index contributed by atoms with van der Waals surface area (Å²) in [6, 6.07) is 1.82. The molecule has 0 amide bonds. The van der Waals surface area contributed by atoms with Gasteiger partial charge in [-0.1, -0.05) is 6.92 Å². The van der Waals surface area contributed by atoms with Gasteiger partial charge in [0, 0.05) is 13.5 Å². The molecule has 0 radical (unpaired) electrons. The van der Waals surface area contributed by atoms with Crippen molar-refractivity contribution < 1.29 is 4.79 Å². The Kier molecular flexibility index (Phi) is 3.01. The molecule has 1 aromatic rings. The molecule has 0 aliphatic rings. The van der Waals surface area contributed by atoms with E-state index in [0.29, 0.717) is 12.1 Å². The Hall–Kier alpha value is -1.38. The number of hydrogen-bond donors (Lipinski definition) is 1. The molecule has 0 aliphatic heterocycles. The van der Waals surface area contributed by atoms with Gasteiger partial charge in [0.25, 0.3) is 0 Å². The molecule has 0 saturated heterocycles. The van der Waals surface area contributed by atoms with Gasteiger partial charge in [0.15, 0.2) is 5.78 Å². The molecule has 0 spiro atoms. The molecule has 0 atom stereocenters. The van der Waals surface area contributed by atoms with Crippen molar-refractivity contribution in [3.05, 3.63) is 23.5 Å². The highest BCUT2D eigenvalue weighted by Gasteiger charge is 2.05. The maximum absolute atomic E-state index is 11.3. The second-order valence-electron chi connectivity index (χ2n) is 2.91. The number of pyridine rings is 1. The van der Waals surface area contributed by atoms with Crippen LogP contribution in [-0.4, -0.2) is 17.8 Å². The average Bonchev–Trinajstić information content (AvgIpc) is 2.16. The number of rotatable bonds is 3. The van der Waals surface area contributed by atoms with Gasteiger partial charge in [0.05, 0.1) is 11.9 Å². The van der Waals surface area contributed by atoms with Crippen molar-refractivity contribution >= 4 is 11.5 Å². The van der Waals surface area contributed by atoms with Gasteiger partial charge in [0.2, 0.25) is 0 Å². The van der Waals surface area contributed by atoms with Crippen LogP contribution in [-0.2, 0) is 0 Å². The second-order valence-corrected chi connectivity index (χ2v) is 2.91. The van der Waals surface area contributed by atoms with Gasteiger partial charge in [-0.25, -0.2) is 0 Å². The van der Waals surface area contributed by atoms with E-state index in [0.717, 1.165) is 11.3 Å². The molecular formula is C10H14N2O. The summed E-state index contributed by atoms with van der Waals surface area (Å²) in [5.74, 6) is 0.0887. The molecule has 13 heavy (non-hydrogen) atoms. The van der Waals surface area contributed by atoms with Crippen LogP contribution < -0.4 is 5.32 Å². The highest BCUT2D eigenvalue weighted by atomic mass is 16.1. The number of ketones is 1. The third kappa shape index (κ3) is 2.05. The fraction of sp³-hybridized carbons (Fsp3) is 0.400. The van der Waals surface area contributed by atoms with Crippen molar-refractivity contribution in [1.82, 2.24) is 4.98 Å². The summed E-state index contributed by atoms with van der Waals surface area (Å²) in [6.07, 6.45) is 2.20. The Bertz CT molecular complexity index is 321. The minimum absolute atomic E-state index is 0.0887. The van der Waals surface area contributed by atoms with Crippen molar-refractivity contribution in [2.45, 2.75) is 20.3 Å². The van der Waals surface area contributed by atoms with Crippen LogP contribution in [0.25, 0.3) is 0 Å². The molecule has 3 nitrogen and oxygen atoms in total. The second kappa shape index (κ2) is 4.03. The molecule has 0 saturated carbocycles. The molecular weight excluding hydrogens is 164 g/mol. The first-order valence-electron chi connectivity index (χ1n) is 4.36. The van der Waals surface area contributed by atoms with E-state index in [1.807, 2.05) is 27.0 Å². The first-order chi connectivity index (χ1) is 6.19. The van der Waals surface area contributed by atoms with Gasteiger partial charge in [-0.2, -0.15) is 0 Å². The minimum atomic E-state index is 0.0887. The van der Waals surface area contributed by atoms with Gasteiger partial charge < -0.3 is 5.32 Å². The minimum Gasteiger partial charge on any atom is -0.387 e. The van der Waals surface area contributed by atoms with Gasteiger partial charge in [0.1, 0.15) is 5.69 Å². The number of carbonyl (C=O) groups excluding carboxylic acids is 1. The lowest BCUT2D eigenvalue weighted by molar-refractivity contribution is 0.0983. The lowest BCUT2D eigenvalue weighted by Crippen LogP contribution is -2.02. The Balaban J connectivity index is 3.02.